The summed E-state index contributed by atoms with van der Waals surface area (Å²) in [6.07, 6.45) is 9.55. The summed E-state index contributed by atoms with van der Waals surface area (Å²) in [6, 6.07) is 8.34. The lowest BCUT2D eigenvalue weighted by molar-refractivity contribution is -0.132. The zero-order valence-corrected chi connectivity index (χ0v) is 20.2. The average molecular weight is 484 g/mol. The largest absolute Gasteiger partial charge is 0.493 e. The molecular formula is C26H29NO8. The molecule has 0 saturated heterocycles. The van der Waals surface area contributed by atoms with Crippen molar-refractivity contribution in [2.45, 2.75) is 6.10 Å². The lowest BCUT2D eigenvalue weighted by Gasteiger charge is -2.20. The zero-order valence-electron chi connectivity index (χ0n) is 20.2. The molecule has 2 aromatic carbocycles. The summed E-state index contributed by atoms with van der Waals surface area (Å²) in [5.41, 5.74) is 0.487. The highest BCUT2D eigenvalue weighted by molar-refractivity contribution is 5.82. The molecule has 0 spiro atoms. The van der Waals surface area contributed by atoms with Crippen molar-refractivity contribution in [3.05, 3.63) is 35.9 Å². The second-order valence-corrected chi connectivity index (χ2v) is 6.80. The van der Waals surface area contributed by atoms with Gasteiger partial charge in [0.15, 0.2) is 29.1 Å². The molecule has 2 rings (SSSR count). The predicted octanol–water partition coefficient (Wildman–Crippen LogP) is 2.62. The SMILES string of the molecule is C#CCOc1ccc(OCCNC(=O)C(OCC#C)c2cc(OC)c(OC)c(OC)c2)cc1OC. The maximum Gasteiger partial charge on any atom is 0.253 e. The Morgan fingerprint density at radius 2 is 1.51 bits per heavy atom. The van der Waals surface area contributed by atoms with E-state index in [1.165, 1.54) is 28.4 Å². The number of hydrogen-bond donors (Lipinski definition) is 1. The molecule has 0 fully saturated rings. The second-order valence-electron chi connectivity index (χ2n) is 6.80. The number of carbonyl (C=O) groups excluding carboxylic acids is 1. The molecule has 1 unspecified atom stereocenters. The van der Waals surface area contributed by atoms with Gasteiger partial charge in [0, 0.05) is 6.07 Å². The number of hydrogen-bond acceptors (Lipinski definition) is 8. The monoisotopic (exact) mass is 483 g/mol. The summed E-state index contributed by atoms with van der Waals surface area (Å²) in [6.45, 7) is 0.448. The Kier molecular flexibility index (Phi) is 10.9. The molecule has 0 saturated carbocycles. The molecule has 9 heteroatoms. The minimum absolute atomic E-state index is 0.0703. The number of rotatable bonds is 14. The van der Waals surface area contributed by atoms with E-state index in [1.54, 1.807) is 30.3 Å². The second kappa shape index (κ2) is 14.1. The van der Waals surface area contributed by atoms with Gasteiger partial charge in [0.1, 0.15) is 25.6 Å². The molecule has 0 aliphatic rings. The van der Waals surface area contributed by atoms with Gasteiger partial charge >= 0.3 is 0 Å². The minimum atomic E-state index is -1.01. The Labute approximate surface area is 205 Å². The van der Waals surface area contributed by atoms with Crippen LogP contribution in [-0.4, -0.2) is 60.7 Å². The summed E-state index contributed by atoms with van der Waals surface area (Å²) in [5, 5.41) is 2.78. The molecule has 1 amide bonds. The quantitative estimate of drug-likeness (QED) is 0.324. The van der Waals surface area contributed by atoms with Crippen LogP contribution in [0.5, 0.6) is 34.5 Å². The summed E-state index contributed by atoms with van der Waals surface area (Å²) >= 11 is 0. The van der Waals surface area contributed by atoms with Crippen molar-refractivity contribution in [2.75, 3.05) is 54.8 Å². The Morgan fingerprint density at radius 1 is 0.857 bits per heavy atom. The first-order valence-corrected chi connectivity index (χ1v) is 10.5. The molecule has 1 atom stereocenters. The van der Waals surface area contributed by atoms with Crippen LogP contribution in [0.1, 0.15) is 11.7 Å². The van der Waals surface area contributed by atoms with E-state index in [-0.39, 0.29) is 26.4 Å². The van der Waals surface area contributed by atoms with Crippen LogP contribution in [0.3, 0.4) is 0 Å². The first-order chi connectivity index (χ1) is 17.0. The van der Waals surface area contributed by atoms with Crippen molar-refractivity contribution < 1.29 is 38.0 Å². The normalized spacial score (nSPS) is 10.8. The number of nitrogens with one attached hydrogen (secondary N) is 1. The first-order valence-electron chi connectivity index (χ1n) is 10.5. The van der Waals surface area contributed by atoms with Crippen molar-refractivity contribution in [3.63, 3.8) is 0 Å². The molecule has 0 bridgehead atoms. The minimum Gasteiger partial charge on any atom is -0.493 e. The molecule has 0 aliphatic heterocycles. The van der Waals surface area contributed by atoms with Crippen molar-refractivity contribution in [1.29, 1.82) is 0 Å². The van der Waals surface area contributed by atoms with Gasteiger partial charge in [0.2, 0.25) is 5.75 Å². The van der Waals surface area contributed by atoms with Crippen LogP contribution in [-0.2, 0) is 9.53 Å². The van der Waals surface area contributed by atoms with Gasteiger partial charge in [0.05, 0.1) is 35.0 Å². The van der Waals surface area contributed by atoms with Gasteiger partial charge in [-0.15, -0.1) is 12.8 Å². The maximum absolute atomic E-state index is 12.9. The van der Waals surface area contributed by atoms with Crippen molar-refractivity contribution in [2.24, 2.45) is 0 Å². The number of benzene rings is 2. The Bertz CT molecular complexity index is 1040. The molecule has 0 aromatic heterocycles. The molecule has 9 nitrogen and oxygen atoms in total. The van der Waals surface area contributed by atoms with Crippen LogP contribution in [0.15, 0.2) is 30.3 Å². The number of ether oxygens (including phenoxy) is 7. The highest BCUT2D eigenvalue weighted by atomic mass is 16.5. The van der Waals surface area contributed by atoms with E-state index >= 15 is 0 Å². The van der Waals surface area contributed by atoms with Crippen molar-refractivity contribution in [3.8, 4) is 59.2 Å². The van der Waals surface area contributed by atoms with E-state index < -0.39 is 12.0 Å². The fourth-order valence-electron chi connectivity index (χ4n) is 3.12. The molecule has 0 radical (unpaired) electrons. The van der Waals surface area contributed by atoms with Crippen LogP contribution < -0.4 is 33.7 Å². The number of terminal acetylenes is 2. The number of carbonyl (C=O) groups is 1. The number of methoxy groups -OCH3 is 4. The summed E-state index contributed by atoms with van der Waals surface area (Å²) in [7, 11) is 5.98. The molecule has 2 aromatic rings. The van der Waals surface area contributed by atoms with Gasteiger partial charge in [-0.25, -0.2) is 0 Å². The molecule has 1 N–H and O–H groups in total. The smallest absolute Gasteiger partial charge is 0.253 e. The van der Waals surface area contributed by atoms with Gasteiger partial charge in [0.25, 0.3) is 5.91 Å². The van der Waals surface area contributed by atoms with E-state index in [0.29, 0.717) is 40.1 Å². The van der Waals surface area contributed by atoms with Crippen LogP contribution in [0.25, 0.3) is 0 Å². The predicted molar refractivity (Wildman–Crippen MR) is 129 cm³/mol. The lowest BCUT2D eigenvalue weighted by Crippen LogP contribution is -2.34. The third-order valence-corrected chi connectivity index (χ3v) is 4.68. The summed E-state index contributed by atoms with van der Waals surface area (Å²) < 4.78 is 38.1. The van der Waals surface area contributed by atoms with Gasteiger partial charge in [-0.2, -0.15) is 0 Å². The highest BCUT2D eigenvalue weighted by Crippen LogP contribution is 2.40. The van der Waals surface area contributed by atoms with Crippen LogP contribution in [0.4, 0.5) is 0 Å². The third kappa shape index (κ3) is 7.39. The molecule has 0 aliphatic carbocycles. The topological polar surface area (TPSA) is 93.7 Å². The molecule has 0 heterocycles. The van der Waals surface area contributed by atoms with Crippen LogP contribution >= 0.6 is 0 Å². The summed E-state index contributed by atoms with van der Waals surface area (Å²) in [5.74, 6) is 7.05. The fourth-order valence-corrected chi connectivity index (χ4v) is 3.12. The average Bonchev–Trinajstić information content (AvgIpc) is 2.89. The first kappa shape index (κ1) is 27.0. The third-order valence-electron chi connectivity index (χ3n) is 4.68. The van der Waals surface area contributed by atoms with Crippen molar-refractivity contribution >= 4 is 5.91 Å². The maximum atomic E-state index is 12.9. The van der Waals surface area contributed by atoms with Crippen LogP contribution in [0.2, 0.25) is 0 Å². The van der Waals surface area contributed by atoms with Gasteiger partial charge in [-0.05, 0) is 29.8 Å². The number of amides is 1. The molecule has 35 heavy (non-hydrogen) atoms. The highest BCUT2D eigenvalue weighted by Gasteiger charge is 2.25. The zero-order chi connectivity index (χ0) is 25.6. The van der Waals surface area contributed by atoms with Gasteiger partial charge < -0.3 is 38.5 Å². The van der Waals surface area contributed by atoms with E-state index in [4.69, 9.17) is 46.0 Å². The Hall–Kier alpha value is -4.21. The van der Waals surface area contributed by atoms with E-state index in [0.717, 1.165) is 0 Å². The lowest BCUT2D eigenvalue weighted by atomic mass is 10.1. The van der Waals surface area contributed by atoms with E-state index in [9.17, 15) is 4.79 Å². The van der Waals surface area contributed by atoms with Crippen molar-refractivity contribution in [1.82, 2.24) is 5.32 Å². The Morgan fingerprint density at radius 3 is 2.09 bits per heavy atom. The fraction of sp³-hybridized carbons (Fsp3) is 0.346. The van der Waals surface area contributed by atoms with E-state index in [1.807, 2.05) is 0 Å². The summed E-state index contributed by atoms with van der Waals surface area (Å²) in [4.78, 5) is 12.9. The van der Waals surface area contributed by atoms with Gasteiger partial charge in [-0.1, -0.05) is 11.8 Å². The van der Waals surface area contributed by atoms with E-state index in [2.05, 4.69) is 17.2 Å². The van der Waals surface area contributed by atoms with Crippen LogP contribution in [0, 0.1) is 24.7 Å². The van der Waals surface area contributed by atoms with Gasteiger partial charge in [-0.3, -0.25) is 4.79 Å². The molecular weight excluding hydrogens is 454 g/mol. The standard InChI is InChI=1S/C26H29NO8/c1-7-12-34-20-10-9-19(17-21(20)29-3)33-14-11-27-26(28)24(35-13-8-2)18-15-22(30-4)25(32-6)23(16-18)31-5/h1-2,9-10,15-17,24H,11-14H2,3-6H3,(H,27,28). The molecule has 186 valence electrons. The Balaban J connectivity index is 2.06.